The highest BCUT2D eigenvalue weighted by Gasteiger charge is 1.97. The van der Waals surface area contributed by atoms with Gasteiger partial charge in [-0.25, -0.2) is 0 Å². The fraction of sp³-hybridized carbons (Fsp3) is 0.364. The minimum absolute atomic E-state index is 0.00471. The molecular weight excluding hydrogens is 176 g/mol. The Hall–Kier alpha value is -1.51. The third-order valence-electron chi connectivity index (χ3n) is 2.13. The Labute approximate surface area is 84.3 Å². The van der Waals surface area contributed by atoms with Crippen molar-refractivity contribution in [2.45, 2.75) is 20.3 Å². The van der Waals surface area contributed by atoms with Crippen molar-refractivity contribution in [3.05, 3.63) is 29.3 Å². The van der Waals surface area contributed by atoms with Gasteiger partial charge in [0.2, 0.25) is 5.91 Å². The summed E-state index contributed by atoms with van der Waals surface area (Å²) in [4.78, 5) is 10.6. The normalized spacial score (nSPS) is 9.86. The smallest absolute Gasteiger partial charge is 0.216 e. The summed E-state index contributed by atoms with van der Waals surface area (Å²) in [5.74, 6) is 0.00471. The molecule has 1 aromatic carbocycles. The predicted molar refractivity (Wildman–Crippen MR) is 58.0 cm³/mol. The Bertz CT molecular complexity index is 334. The maximum atomic E-state index is 10.6. The van der Waals surface area contributed by atoms with Gasteiger partial charge < -0.3 is 11.1 Å². The van der Waals surface area contributed by atoms with Crippen LogP contribution in [0.1, 0.15) is 18.1 Å². The summed E-state index contributed by atoms with van der Waals surface area (Å²) in [6.07, 6.45) is 0.823. The number of aryl methyl sites for hydroxylation is 1. The number of hydrogen-bond acceptors (Lipinski definition) is 2. The maximum Gasteiger partial charge on any atom is 0.216 e. The molecule has 0 spiro atoms. The monoisotopic (exact) mass is 192 g/mol. The quantitative estimate of drug-likeness (QED) is 0.708. The molecule has 0 atom stereocenters. The predicted octanol–water partition coefficient (Wildman–Crippen LogP) is 1.26. The molecule has 0 saturated carbocycles. The van der Waals surface area contributed by atoms with E-state index < -0.39 is 0 Å². The number of nitrogens with one attached hydrogen (secondary N) is 1. The first kappa shape index (κ1) is 10.6. The summed E-state index contributed by atoms with van der Waals surface area (Å²) < 4.78 is 0. The number of carbonyl (C=O) groups is 1. The van der Waals surface area contributed by atoms with Gasteiger partial charge in [0.15, 0.2) is 0 Å². The molecule has 0 aliphatic heterocycles. The highest BCUT2D eigenvalue weighted by Crippen LogP contribution is 2.12. The summed E-state index contributed by atoms with van der Waals surface area (Å²) in [5.41, 5.74) is 8.82. The van der Waals surface area contributed by atoms with Gasteiger partial charge in [-0.2, -0.15) is 0 Å². The van der Waals surface area contributed by atoms with Crippen molar-refractivity contribution in [3.63, 3.8) is 0 Å². The van der Waals surface area contributed by atoms with Crippen LogP contribution in [0, 0.1) is 6.92 Å². The van der Waals surface area contributed by atoms with Crippen LogP contribution < -0.4 is 11.1 Å². The van der Waals surface area contributed by atoms with Gasteiger partial charge in [-0.1, -0.05) is 12.1 Å². The van der Waals surface area contributed by atoms with Crippen LogP contribution in [0.4, 0.5) is 5.69 Å². The van der Waals surface area contributed by atoms with Crippen molar-refractivity contribution in [2.75, 3.05) is 12.3 Å². The first-order valence-electron chi connectivity index (χ1n) is 4.69. The van der Waals surface area contributed by atoms with E-state index in [9.17, 15) is 4.79 Å². The van der Waals surface area contributed by atoms with Crippen molar-refractivity contribution in [1.29, 1.82) is 0 Å². The first-order chi connectivity index (χ1) is 6.59. The Morgan fingerprint density at radius 1 is 1.50 bits per heavy atom. The molecule has 1 amide bonds. The second-order valence-electron chi connectivity index (χ2n) is 3.42. The average Bonchev–Trinajstić information content (AvgIpc) is 2.10. The Kier molecular flexibility index (Phi) is 3.51. The van der Waals surface area contributed by atoms with Crippen LogP contribution in [-0.4, -0.2) is 12.5 Å². The molecule has 0 heterocycles. The number of amides is 1. The van der Waals surface area contributed by atoms with E-state index >= 15 is 0 Å². The van der Waals surface area contributed by atoms with Crippen LogP contribution >= 0.6 is 0 Å². The molecular formula is C11H16N2O. The fourth-order valence-corrected chi connectivity index (χ4v) is 1.23. The van der Waals surface area contributed by atoms with Crippen LogP contribution in [-0.2, 0) is 11.2 Å². The summed E-state index contributed by atoms with van der Waals surface area (Å²) in [6.45, 7) is 4.16. The number of nitrogen functional groups attached to an aromatic ring is 1. The zero-order valence-corrected chi connectivity index (χ0v) is 8.63. The summed E-state index contributed by atoms with van der Waals surface area (Å²) >= 11 is 0. The van der Waals surface area contributed by atoms with Crippen molar-refractivity contribution in [1.82, 2.24) is 5.32 Å². The standard InChI is InChI=1S/C11H16N2O/c1-8-3-4-10(7-11(8)12)5-6-13-9(2)14/h3-4,7H,5-6,12H2,1-2H3,(H,13,14). The van der Waals surface area contributed by atoms with E-state index in [0.29, 0.717) is 6.54 Å². The number of anilines is 1. The molecule has 0 radical (unpaired) electrons. The van der Waals surface area contributed by atoms with Crippen molar-refractivity contribution in [2.24, 2.45) is 0 Å². The average molecular weight is 192 g/mol. The highest BCUT2D eigenvalue weighted by molar-refractivity contribution is 5.72. The van der Waals surface area contributed by atoms with Crippen LogP contribution in [0.5, 0.6) is 0 Å². The topological polar surface area (TPSA) is 55.1 Å². The minimum Gasteiger partial charge on any atom is -0.399 e. The van der Waals surface area contributed by atoms with Gasteiger partial charge in [0.1, 0.15) is 0 Å². The number of rotatable bonds is 3. The SMILES string of the molecule is CC(=O)NCCc1ccc(C)c(N)c1. The maximum absolute atomic E-state index is 10.6. The van der Waals surface area contributed by atoms with Gasteiger partial charge in [-0.15, -0.1) is 0 Å². The van der Waals surface area contributed by atoms with E-state index in [1.165, 1.54) is 6.92 Å². The summed E-state index contributed by atoms with van der Waals surface area (Å²) in [7, 11) is 0. The molecule has 1 rings (SSSR count). The van der Waals surface area contributed by atoms with E-state index in [2.05, 4.69) is 5.32 Å². The van der Waals surface area contributed by atoms with Crippen LogP contribution in [0.2, 0.25) is 0 Å². The molecule has 1 aromatic rings. The third kappa shape index (κ3) is 3.09. The van der Waals surface area contributed by atoms with Crippen LogP contribution in [0.25, 0.3) is 0 Å². The fourth-order valence-electron chi connectivity index (χ4n) is 1.23. The van der Waals surface area contributed by atoms with E-state index in [1.807, 2.05) is 25.1 Å². The number of benzene rings is 1. The van der Waals surface area contributed by atoms with Gasteiger partial charge in [-0.3, -0.25) is 4.79 Å². The highest BCUT2D eigenvalue weighted by atomic mass is 16.1. The Balaban J connectivity index is 2.51. The molecule has 0 aromatic heterocycles. The third-order valence-corrected chi connectivity index (χ3v) is 2.13. The molecule has 3 nitrogen and oxygen atoms in total. The molecule has 0 saturated heterocycles. The Morgan fingerprint density at radius 3 is 2.79 bits per heavy atom. The lowest BCUT2D eigenvalue weighted by atomic mass is 10.1. The number of carbonyl (C=O) groups excluding carboxylic acids is 1. The van der Waals surface area contributed by atoms with E-state index in [0.717, 1.165) is 23.2 Å². The molecule has 0 bridgehead atoms. The summed E-state index contributed by atoms with van der Waals surface area (Å²) in [5, 5.41) is 2.75. The molecule has 3 N–H and O–H groups in total. The molecule has 3 heteroatoms. The van der Waals surface area contributed by atoms with Gasteiger partial charge in [0.05, 0.1) is 0 Å². The molecule has 14 heavy (non-hydrogen) atoms. The van der Waals surface area contributed by atoms with Gasteiger partial charge in [0, 0.05) is 19.2 Å². The van der Waals surface area contributed by atoms with E-state index in [1.54, 1.807) is 0 Å². The molecule has 0 aliphatic carbocycles. The lowest BCUT2D eigenvalue weighted by Gasteiger charge is -2.05. The molecule has 0 fully saturated rings. The molecule has 0 aliphatic rings. The largest absolute Gasteiger partial charge is 0.399 e. The zero-order valence-electron chi connectivity index (χ0n) is 8.63. The first-order valence-corrected chi connectivity index (χ1v) is 4.69. The van der Waals surface area contributed by atoms with Crippen molar-refractivity contribution in [3.8, 4) is 0 Å². The molecule has 76 valence electrons. The van der Waals surface area contributed by atoms with Gasteiger partial charge in [-0.05, 0) is 30.5 Å². The van der Waals surface area contributed by atoms with Crippen molar-refractivity contribution >= 4 is 11.6 Å². The number of hydrogen-bond donors (Lipinski definition) is 2. The minimum atomic E-state index is 0.00471. The zero-order chi connectivity index (χ0) is 10.6. The van der Waals surface area contributed by atoms with Gasteiger partial charge in [0.25, 0.3) is 0 Å². The van der Waals surface area contributed by atoms with E-state index in [-0.39, 0.29) is 5.91 Å². The second kappa shape index (κ2) is 4.65. The van der Waals surface area contributed by atoms with Gasteiger partial charge >= 0.3 is 0 Å². The Morgan fingerprint density at radius 2 is 2.21 bits per heavy atom. The van der Waals surface area contributed by atoms with Crippen LogP contribution in [0.15, 0.2) is 18.2 Å². The number of nitrogens with two attached hydrogens (primary N) is 1. The summed E-state index contributed by atoms with van der Waals surface area (Å²) in [6, 6.07) is 5.99. The van der Waals surface area contributed by atoms with E-state index in [4.69, 9.17) is 5.73 Å². The second-order valence-corrected chi connectivity index (χ2v) is 3.42. The molecule has 0 unspecified atom stereocenters. The lowest BCUT2D eigenvalue weighted by molar-refractivity contribution is -0.118. The van der Waals surface area contributed by atoms with Crippen LogP contribution in [0.3, 0.4) is 0 Å². The van der Waals surface area contributed by atoms with Crippen molar-refractivity contribution < 1.29 is 4.79 Å². The lowest BCUT2D eigenvalue weighted by Crippen LogP contribution is -2.22.